The molecular weight excluding hydrogens is 390 g/mol. The Kier molecular flexibility index (Phi) is 9.27. The SMILES string of the molecule is O=C(CN1CCCCCCC1)Nc1ccccc1C(=O)NC1CC1.O=C(O)C(=O)O. The number of carbonyl (C=O) groups is 4. The molecular formula is C21H29N3O6. The third-order valence-electron chi connectivity index (χ3n) is 4.86. The lowest BCUT2D eigenvalue weighted by Gasteiger charge is -2.24. The Morgan fingerprint density at radius 2 is 1.47 bits per heavy atom. The van der Waals surface area contributed by atoms with Crippen LogP contribution in [0, 0.1) is 0 Å². The van der Waals surface area contributed by atoms with E-state index in [-0.39, 0.29) is 11.8 Å². The van der Waals surface area contributed by atoms with Crippen LogP contribution < -0.4 is 10.6 Å². The maximum atomic E-state index is 12.4. The van der Waals surface area contributed by atoms with E-state index in [1.54, 1.807) is 12.1 Å². The Labute approximate surface area is 175 Å². The molecule has 164 valence electrons. The van der Waals surface area contributed by atoms with Crippen molar-refractivity contribution in [3.05, 3.63) is 29.8 Å². The lowest BCUT2D eigenvalue weighted by atomic mass is 10.1. The summed E-state index contributed by atoms with van der Waals surface area (Å²) in [7, 11) is 0. The van der Waals surface area contributed by atoms with Gasteiger partial charge >= 0.3 is 11.9 Å². The molecule has 3 rings (SSSR count). The standard InChI is InChI=1S/C19H27N3O2.C2H2O4/c23-18(14-22-12-6-2-1-3-7-13-22)21-17-9-5-4-8-16(17)19(24)20-15-10-11-15;3-1(4)2(5)6/h4-5,8-9,15H,1-3,6-7,10-14H2,(H,20,24)(H,21,23);(H,3,4)(H,5,6). The molecule has 9 nitrogen and oxygen atoms in total. The predicted molar refractivity (Wildman–Crippen MR) is 110 cm³/mol. The van der Waals surface area contributed by atoms with Gasteiger partial charge in [0.15, 0.2) is 0 Å². The zero-order chi connectivity index (χ0) is 21.9. The van der Waals surface area contributed by atoms with Crippen LogP contribution in [0.2, 0.25) is 0 Å². The van der Waals surface area contributed by atoms with Crippen molar-refractivity contribution in [3.8, 4) is 0 Å². The molecule has 2 fully saturated rings. The highest BCUT2D eigenvalue weighted by molar-refractivity contribution is 6.27. The van der Waals surface area contributed by atoms with Gasteiger partial charge in [-0.1, -0.05) is 31.4 Å². The normalized spacial score (nSPS) is 16.8. The number of benzene rings is 1. The second-order valence-electron chi connectivity index (χ2n) is 7.50. The molecule has 0 spiro atoms. The smallest absolute Gasteiger partial charge is 0.414 e. The number of carbonyl (C=O) groups excluding carboxylic acids is 2. The zero-order valence-electron chi connectivity index (χ0n) is 16.9. The first kappa shape index (κ1) is 23.3. The van der Waals surface area contributed by atoms with Crippen LogP contribution in [0.5, 0.6) is 0 Å². The average Bonchev–Trinajstić information content (AvgIpc) is 3.48. The monoisotopic (exact) mass is 419 g/mol. The second kappa shape index (κ2) is 11.9. The fraction of sp³-hybridized carbons (Fsp3) is 0.524. The van der Waals surface area contributed by atoms with Crippen LogP contribution in [0.15, 0.2) is 24.3 Å². The van der Waals surface area contributed by atoms with Crippen molar-refractivity contribution in [2.45, 2.75) is 51.0 Å². The highest BCUT2D eigenvalue weighted by Crippen LogP contribution is 2.21. The summed E-state index contributed by atoms with van der Waals surface area (Å²) >= 11 is 0. The van der Waals surface area contributed by atoms with Crippen LogP contribution in [0.25, 0.3) is 0 Å². The van der Waals surface area contributed by atoms with E-state index < -0.39 is 11.9 Å². The van der Waals surface area contributed by atoms with Crippen LogP contribution in [0.3, 0.4) is 0 Å². The molecule has 0 atom stereocenters. The third-order valence-corrected chi connectivity index (χ3v) is 4.86. The van der Waals surface area contributed by atoms with Gasteiger partial charge in [-0.3, -0.25) is 14.5 Å². The van der Waals surface area contributed by atoms with Crippen LogP contribution >= 0.6 is 0 Å². The highest BCUT2D eigenvalue weighted by Gasteiger charge is 2.25. The summed E-state index contributed by atoms with van der Waals surface area (Å²) in [6, 6.07) is 7.55. The molecule has 30 heavy (non-hydrogen) atoms. The molecule has 0 radical (unpaired) electrons. The Balaban J connectivity index is 0.000000469. The summed E-state index contributed by atoms with van der Waals surface area (Å²) < 4.78 is 0. The summed E-state index contributed by atoms with van der Waals surface area (Å²) in [5.74, 6) is -3.79. The molecule has 0 aromatic heterocycles. The summed E-state index contributed by atoms with van der Waals surface area (Å²) in [5, 5.41) is 20.7. The number of para-hydroxylation sites is 1. The zero-order valence-corrected chi connectivity index (χ0v) is 16.9. The number of nitrogens with one attached hydrogen (secondary N) is 2. The van der Waals surface area contributed by atoms with Crippen LogP contribution in [0.1, 0.15) is 55.3 Å². The average molecular weight is 419 g/mol. The van der Waals surface area contributed by atoms with Crippen molar-refractivity contribution in [1.29, 1.82) is 0 Å². The Morgan fingerprint density at radius 1 is 0.900 bits per heavy atom. The van der Waals surface area contributed by atoms with Crippen molar-refractivity contribution in [3.63, 3.8) is 0 Å². The van der Waals surface area contributed by atoms with E-state index in [2.05, 4.69) is 15.5 Å². The summed E-state index contributed by atoms with van der Waals surface area (Å²) in [4.78, 5) is 45.1. The summed E-state index contributed by atoms with van der Waals surface area (Å²) in [6.45, 7) is 2.37. The molecule has 0 bridgehead atoms. The molecule has 1 aromatic rings. The maximum absolute atomic E-state index is 12.4. The van der Waals surface area contributed by atoms with Gasteiger partial charge in [0.25, 0.3) is 5.91 Å². The molecule has 1 saturated carbocycles. The van der Waals surface area contributed by atoms with Crippen molar-refractivity contribution >= 4 is 29.4 Å². The van der Waals surface area contributed by atoms with Gasteiger partial charge in [-0.25, -0.2) is 9.59 Å². The number of hydrogen-bond acceptors (Lipinski definition) is 5. The quantitative estimate of drug-likeness (QED) is 0.536. The number of likely N-dealkylation sites (tertiary alicyclic amines) is 1. The Bertz CT molecular complexity index is 743. The predicted octanol–water partition coefficient (Wildman–Crippen LogP) is 1.94. The first-order valence-electron chi connectivity index (χ1n) is 10.2. The number of nitrogens with zero attached hydrogens (tertiary/aromatic N) is 1. The maximum Gasteiger partial charge on any atom is 0.414 e. The minimum atomic E-state index is -1.82. The highest BCUT2D eigenvalue weighted by atomic mass is 16.4. The number of hydrogen-bond donors (Lipinski definition) is 4. The molecule has 1 aliphatic heterocycles. The molecule has 1 aromatic carbocycles. The first-order chi connectivity index (χ1) is 14.4. The van der Waals surface area contributed by atoms with Crippen molar-refractivity contribution in [1.82, 2.24) is 10.2 Å². The van der Waals surface area contributed by atoms with E-state index in [9.17, 15) is 9.59 Å². The molecule has 1 heterocycles. The van der Waals surface area contributed by atoms with Crippen LogP contribution in [-0.4, -0.2) is 64.5 Å². The topological polar surface area (TPSA) is 136 Å². The fourth-order valence-corrected chi connectivity index (χ4v) is 3.14. The van der Waals surface area contributed by atoms with E-state index in [1.807, 2.05) is 12.1 Å². The fourth-order valence-electron chi connectivity index (χ4n) is 3.14. The van der Waals surface area contributed by atoms with Gasteiger partial charge in [0.2, 0.25) is 5.91 Å². The van der Waals surface area contributed by atoms with Gasteiger partial charge in [-0.15, -0.1) is 0 Å². The second-order valence-corrected chi connectivity index (χ2v) is 7.50. The van der Waals surface area contributed by atoms with Crippen LogP contribution in [-0.2, 0) is 14.4 Å². The molecule has 0 unspecified atom stereocenters. The number of carboxylic acids is 2. The van der Waals surface area contributed by atoms with E-state index in [1.165, 1.54) is 19.3 Å². The van der Waals surface area contributed by atoms with E-state index in [0.717, 1.165) is 38.8 Å². The van der Waals surface area contributed by atoms with E-state index >= 15 is 0 Å². The number of carboxylic acid groups (broad SMARTS) is 2. The van der Waals surface area contributed by atoms with Gasteiger partial charge in [-0.2, -0.15) is 0 Å². The third kappa shape index (κ3) is 8.60. The van der Waals surface area contributed by atoms with Crippen molar-refractivity contribution in [2.75, 3.05) is 25.0 Å². The van der Waals surface area contributed by atoms with Crippen molar-refractivity contribution in [2.24, 2.45) is 0 Å². The summed E-state index contributed by atoms with van der Waals surface area (Å²) in [5.41, 5.74) is 1.15. The minimum Gasteiger partial charge on any atom is -0.473 e. The van der Waals surface area contributed by atoms with Gasteiger partial charge in [-0.05, 0) is 50.9 Å². The minimum absolute atomic E-state index is 0.0396. The Hall–Kier alpha value is -2.94. The Morgan fingerprint density at radius 3 is 2.03 bits per heavy atom. The van der Waals surface area contributed by atoms with E-state index in [0.29, 0.717) is 23.8 Å². The lowest BCUT2D eigenvalue weighted by molar-refractivity contribution is -0.159. The van der Waals surface area contributed by atoms with Gasteiger partial charge < -0.3 is 20.8 Å². The van der Waals surface area contributed by atoms with Gasteiger partial charge in [0.05, 0.1) is 17.8 Å². The van der Waals surface area contributed by atoms with Crippen molar-refractivity contribution < 1.29 is 29.4 Å². The molecule has 2 amide bonds. The lowest BCUT2D eigenvalue weighted by Crippen LogP contribution is -2.36. The molecule has 1 saturated heterocycles. The van der Waals surface area contributed by atoms with Gasteiger partial charge in [0, 0.05) is 6.04 Å². The van der Waals surface area contributed by atoms with Crippen LogP contribution in [0.4, 0.5) is 5.69 Å². The largest absolute Gasteiger partial charge is 0.473 e. The first-order valence-corrected chi connectivity index (χ1v) is 10.2. The molecule has 4 N–H and O–H groups in total. The molecule has 2 aliphatic rings. The van der Waals surface area contributed by atoms with E-state index in [4.69, 9.17) is 19.8 Å². The summed E-state index contributed by atoms with van der Waals surface area (Å²) in [6.07, 6.45) is 8.24. The molecule has 9 heteroatoms. The number of anilines is 1. The number of aliphatic carboxylic acids is 2. The van der Waals surface area contributed by atoms with Gasteiger partial charge in [0.1, 0.15) is 0 Å². The number of amides is 2. The molecule has 1 aliphatic carbocycles. The number of rotatable bonds is 5.